The van der Waals surface area contributed by atoms with E-state index >= 15 is 0 Å². The van der Waals surface area contributed by atoms with Crippen molar-refractivity contribution in [2.24, 2.45) is 17.8 Å². The van der Waals surface area contributed by atoms with Gasteiger partial charge in [0.25, 0.3) is 0 Å². The molecule has 3 saturated carbocycles. The summed E-state index contributed by atoms with van der Waals surface area (Å²) in [5.74, 6) is 2.78. The first-order valence-electron chi connectivity index (χ1n) is 8.78. The highest BCUT2D eigenvalue weighted by molar-refractivity contribution is 5.89. The summed E-state index contributed by atoms with van der Waals surface area (Å²) in [6, 6.07) is 0. The van der Waals surface area contributed by atoms with Crippen LogP contribution < -0.4 is 5.32 Å². The molecule has 0 bridgehead atoms. The molecule has 1 N–H and O–H groups in total. The Morgan fingerprint density at radius 2 is 1.85 bits per heavy atom. The van der Waals surface area contributed by atoms with Crippen LogP contribution in [0.3, 0.4) is 0 Å². The van der Waals surface area contributed by atoms with Gasteiger partial charge in [-0.15, -0.1) is 0 Å². The van der Waals surface area contributed by atoms with Crippen LogP contribution in [0.15, 0.2) is 0 Å². The van der Waals surface area contributed by atoms with Crippen molar-refractivity contribution in [1.82, 2.24) is 10.2 Å². The Morgan fingerprint density at radius 3 is 2.45 bits per heavy atom. The maximum absolute atomic E-state index is 13.0. The molecule has 4 rings (SSSR count). The van der Waals surface area contributed by atoms with Crippen LogP contribution in [0.2, 0.25) is 0 Å². The molecule has 0 aromatic carbocycles. The molecule has 1 amide bonds. The molecule has 1 heterocycles. The minimum atomic E-state index is -0.161. The van der Waals surface area contributed by atoms with Crippen LogP contribution in [-0.2, 0) is 4.79 Å². The number of rotatable bonds is 3. The van der Waals surface area contributed by atoms with Gasteiger partial charge < -0.3 is 4.90 Å². The van der Waals surface area contributed by atoms with Crippen LogP contribution in [-0.4, -0.2) is 29.1 Å². The van der Waals surface area contributed by atoms with E-state index in [1.165, 1.54) is 44.9 Å². The van der Waals surface area contributed by atoms with Crippen LogP contribution in [0.1, 0.15) is 64.7 Å². The van der Waals surface area contributed by atoms with Gasteiger partial charge in [-0.3, -0.25) is 10.1 Å². The Morgan fingerprint density at radius 1 is 1.20 bits per heavy atom. The lowest BCUT2D eigenvalue weighted by molar-refractivity contribution is -0.133. The Hall–Kier alpha value is -0.570. The lowest BCUT2D eigenvalue weighted by Crippen LogP contribution is -2.46. The third-order valence-corrected chi connectivity index (χ3v) is 6.44. The normalized spacial score (nSPS) is 40.1. The summed E-state index contributed by atoms with van der Waals surface area (Å²) >= 11 is 0. The van der Waals surface area contributed by atoms with Crippen LogP contribution in [0.5, 0.6) is 0 Å². The van der Waals surface area contributed by atoms with Crippen LogP contribution in [0.4, 0.5) is 0 Å². The molecule has 1 saturated heterocycles. The average molecular weight is 276 g/mol. The van der Waals surface area contributed by atoms with Gasteiger partial charge >= 0.3 is 0 Å². The van der Waals surface area contributed by atoms with E-state index in [-0.39, 0.29) is 5.54 Å². The molecule has 3 nitrogen and oxygen atoms in total. The average Bonchev–Trinajstić information content (AvgIpc) is 2.91. The van der Waals surface area contributed by atoms with Crippen molar-refractivity contribution in [3.05, 3.63) is 0 Å². The quantitative estimate of drug-likeness (QED) is 0.859. The van der Waals surface area contributed by atoms with Crippen molar-refractivity contribution >= 4 is 5.91 Å². The maximum atomic E-state index is 13.0. The fraction of sp³-hybridized carbons (Fsp3) is 0.941. The first-order valence-corrected chi connectivity index (χ1v) is 8.78. The van der Waals surface area contributed by atoms with E-state index in [1.54, 1.807) is 0 Å². The molecule has 3 atom stereocenters. The predicted octanol–water partition coefficient (Wildman–Crippen LogP) is 2.90. The lowest BCUT2D eigenvalue weighted by Gasteiger charge is -2.29. The second kappa shape index (κ2) is 4.72. The molecule has 0 aromatic rings. The fourth-order valence-electron chi connectivity index (χ4n) is 4.91. The van der Waals surface area contributed by atoms with E-state index in [4.69, 9.17) is 0 Å². The van der Waals surface area contributed by atoms with Gasteiger partial charge in [0.2, 0.25) is 5.91 Å². The minimum Gasteiger partial charge on any atom is -0.325 e. The molecule has 1 spiro atoms. The smallest absolute Gasteiger partial charge is 0.244 e. The number of nitrogens with one attached hydrogen (secondary N) is 1. The first-order chi connectivity index (χ1) is 9.70. The highest BCUT2D eigenvalue weighted by atomic mass is 16.2. The Kier molecular flexibility index (Phi) is 3.10. The second-order valence-corrected chi connectivity index (χ2v) is 7.85. The van der Waals surface area contributed by atoms with Crippen molar-refractivity contribution in [3.8, 4) is 0 Å². The summed E-state index contributed by atoms with van der Waals surface area (Å²) in [6.45, 7) is 3.35. The van der Waals surface area contributed by atoms with E-state index in [1.807, 2.05) is 0 Å². The second-order valence-electron chi connectivity index (χ2n) is 7.85. The summed E-state index contributed by atoms with van der Waals surface area (Å²) in [7, 11) is 0. The van der Waals surface area contributed by atoms with Crippen molar-refractivity contribution in [2.75, 3.05) is 6.54 Å². The van der Waals surface area contributed by atoms with Crippen molar-refractivity contribution in [1.29, 1.82) is 0 Å². The standard InChI is InChI=1S/C17H28N2O/c1-12-10-14(12)11-19-15(13-6-2-3-7-13)18-17(16(19)20)8-4-5-9-17/h12-15,18H,2-11H2,1H3. The molecule has 4 aliphatic rings. The third-order valence-electron chi connectivity index (χ3n) is 6.44. The Labute approximate surface area is 122 Å². The van der Waals surface area contributed by atoms with Gasteiger partial charge in [0.1, 0.15) is 0 Å². The van der Waals surface area contributed by atoms with E-state index in [9.17, 15) is 4.79 Å². The van der Waals surface area contributed by atoms with Crippen molar-refractivity contribution < 1.29 is 4.79 Å². The number of amides is 1. The van der Waals surface area contributed by atoms with Gasteiger partial charge in [-0.2, -0.15) is 0 Å². The van der Waals surface area contributed by atoms with Gasteiger partial charge in [0, 0.05) is 6.54 Å². The third kappa shape index (κ3) is 2.01. The first kappa shape index (κ1) is 13.1. The van der Waals surface area contributed by atoms with Gasteiger partial charge in [-0.25, -0.2) is 0 Å². The fourth-order valence-corrected chi connectivity index (χ4v) is 4.91. The minimum absolute atomic E-state index is 0.161. The number of carbonyl (C=O) groups excluding carboxylic acids is 1. The highest BCUT2D eigenvalue weighted by Crippen LogP contribution is 2.44. The van der Waals surface area contributed by atoms with Crippen LogP contribution in [0.25, 0.3) is 0 Å². The summed E-state index contributed by atoms with van der Waals surface area (Å²) in [5.41, 5.74) is -0.161. The topological polar surface area (TPSA) is 32.3 Å². The van der Waals surface area contributed by atoms with E-state index in [0.29, 0.717) is 18.0 Å². The van der Waals surface area contributed by atoms with Crippen LogP contribution in [0, 0.1) is 17.8 Å². The summed E-state index contributed by atoms with van der Waals surface area (Å²) in [4.78, 5) is 15.3. The molecule has 20 heavy (non-hydrogen) atoms. The SMILES string of the molecule is CC1CC1CN1C(=O)C2(CCCC2)NC1C1CCCC1. The predicted molar refractivity (Wildman–Crippen MR) is 79.1 cm³/mol. The Balaban J connectivity index is 1.55. The molecule has 1 aliphatic heterocycles. The molecule has 3 aliphatic carbocycles. The van der Waals surface area contributed by atoms with E-state index in [0.717, 1.165) is 31.2 Å². The number of carbonyl (C=O) groups is 1. The highest BCUT2D eigenvalue weighted by Gasteiger charge is 2.55. The summed E-state index contributed by atoms with van der Waals surface area (Å²) in [6.07, 6.45) is 11.6. The van der Waals surface area contributed by atoms with Crippen molar-refractivity contribution in [2.45, 2.75) is 76.4 Å². The van der Waals surface area contributed by atoms with Crippen LogP contribution >= 0.6 is 0 Å². The Bertz CT molecular complexity index is 396. The number of nitrogens with zero attached hydrogens (tertiary/aromatic N) is 1. The molecule has 0 aromatic heterocycles. The maximum Gasteiger partial charge on any atom is 0.244 e. The number of hydrogen-bond acceptors (Lipinski definition) is 2. The molecular formula is C17H28N2O. The zero-order chi connectivity index (χ0) is 13.7. The molecule has 0 radical (unpaired) electrons. The lowest BCUT2D eigenvalue weighted by atomic mass is 9.97. The van der Waals surface area contributed by atoms with Gasteiger partial charge in [-0.1, -0.05) is 32.6 Å². The molecule has 112 valence electrons. The van der Waals surface area contributed by atoms with Gasteiger partial charge in [-0.05, 0) is 49.9 Å². The molecule has 3 unspecified atom stereocenters. The van der Waals surface area contributed by atoms with E-state index < -0.39 is 0 Å². The monoisotopic (exact) mass is 276 g/mol. The summed E-state index contributed by atoms with van der Waals surface area (Å²) < 4.78 is 0. The van der Waals surface area contributed by atoms with E-state index in [2.05, 4.69) is 17.1 Å². The zero-order valence-electron chi connectivity index (χ0n) is 12.7. The molecular weight excluding hydrogens is 248 g/mol. The zero-order valence-corrected chi connectivity index (χ0v) is 12.7. The van der Waals surface area contributed by atoms with Gasteiger partial charge in [0.05, 0.1) is 11.7 Å². The summed E-state index contributed by atoms with van der Waals surface area (Å²) in [5, 5.41) is 3.83. The van der Waals surface area contributed by atoms with Crippen molar-refractivity contribution in [3.63, 3.8) is 0 Å². The largest absolute Gasteiger partial charge is 0.325 e. The number of hydrogen-bond donors (Lipinski definition) is 1. The molecule has 4 fully saturated rings. The molecule has 3 heteroatoms. The van der Waals surface area contributed by atoms with Gasteiger partial charge in [0.15, 0.2) is 0 Å².